The van der Waals surface area contributed by atoms with E-state index in [0.717, 1.165) is 5.92 Å². The third kappa shape index (κ3) is 32.3. The van der Waals surface area contributed by atoms with Gasteiger partial charge in [-0.05, 0) is 24.2 Å². The second kappa shape index (κ2) is 32.5. The predicted octanol–water partition coefficient (Wildman–Crippen LogP) is 14.9. The zero-order valence-electron chi connectivity index (χ0n) is 28.7. The highest BCUT2D eigenvalue weighted by Crippen LogP contribution is 2.34. The Balaban J connectivity index is 0. The summed E-state index contributed by atoms with van der Waals surface area (Å²) in [4.78, 5) is 0. The van der Waals surface area contributed by atoms with Crippen molar-refractivity contribution in [2.45, 2.75) is 234 Å². The fourth-order valence-electron chi connectivity index (χ4n) is 6.36. The van der Waals surface area contributed by atoms with Crippen molar-refractivity contribution in [2.24, 2.45) is 11.3 Å². The monoisotopic (exact) mass is 552 g/mol. The molecule has 0 saturated heterocycles. The van der Waals surface area contributed by atoms with Crippen molar-refractivity contribution in [3.8, 4) is 0 Å². The molecule has 0 aliphatic heterocycles. The molecule has 1 unspecified atom stereocenters. The summed E-state index contributed by atoms with van der Waals surface area (Å²) in [5.41, 5.74) is 0.493. The Morgan fingerprint density at radius 2 is 0.487 bits per heavy atom. The standard InChI is InChI=1S/C38H78.H3N/c1-6-8-10-12-14-16-18-20-22-24-26-28-30-32-34-36-37(38(3,4)5)35-33-31-29-27-25-23-21-19-17-15-13-11-9-7-2;/h37H,6-36H2,1-5H3;1H3. The number of hydrogen-bond acceptors (Lipinski definition) is 1. The van der Waals surface area contributed by atoms with Gasteiger partial charge in [-0.25, -0.2) is 0 Å². The second-order valence-electron chi connectivity index (χ2n) is 14.2. The Morgan fingerprint density at radius 1 is 0.308 bits per heavy atom. The molecular weight excluding hydrogens is 470 g/mol. The van der Waals surface area contributed by atoms with Gasteiger partial charge in [0, 0.05) is 0 Å². The van der Waals surface area contributed by atoms with E-state index in [0.29, 0.717) is 5.41 Å². The Morgan fingerprint density at radius 3 is 0.667 bits per heavy atom. The molecule has 1 nitrogen and oxygen atoms in total. The molecule has 0 saturated carbocycles. The molecule has 0 aliphatic rings. The second-order valence-corrected chi connectivity index (χ2v) is 14.2. The van der Waals surface area contributed by atoms with E-state index >= 15 is 0 Å². The fourth-order valence-corrected chi connectivity index (χ4v) is 6.36. The van der Waals surface area contributed by atoms with Crippen LogP contribution in [0, 0.1) is 11.3 Å². The van der Waals surface area contributed by atoms with Gasteiger partial charge in [-0.2, -0.15) is 0 Å². The molecule has 39 heavy (non-hydrogen) atoms. The summed E-state index contributed by atoms with van der Waals surface area (Å²) in [7, 11) is 0. The van der Waals surface area contributed by atoms with Crippen molar-refractivity contribution in [3.05, 3.63) is 0 Å². The topological polar surface area (TPSA) is 35.0 Å². The molecule has 0 aliphatic carbocycles. The largest absolute Gasteiger partial charge is 0.344 e. The van der Waals surface area contributed by atoms with Crippen LogP contribution in [-0.2, 0) is 0 Å². The van der Waals surface area contributed by atoms with Crippen LogP contribution in [-0.4, -0.2) is 0 Å². The van der Waals surface area contributed by atoms with Crippen LogP contribution in [0.3, 0.4) is 0 Å². The first-order valence-corrected chi connectivity index (χ1v) is 18.5. The van der Waals surface area contributed by atoms with Crippen molar-refractivity contribution < 1.29 is 0 Å². The molecule has 0 aromatic rings. The average molecular weight is 552 g/mol. The van der Waals surface area contributed by atoms with Crippen molar-refractivity contribution in [2.75, 3.05) is 0 Å². The summed E-state index contributed by atoms with van der Waals surface area (Å²) in [6, 6.07) is 0. The Kier molecular flexibility index (Phi) is 34.2. The summed E-state index contributed by atoms with van der Waals surface area (Å²) in [6.45, 7) is 12.1. The molecule has 0 aromatic carbocycles. The minimum Gasteiger partial charge on any atom is -0.344 e. The minimum absolute atomic E-state index is 0. The molecule has 1 heteroatoms. The Labute approximate surface area is 250 Å². The van der Waals surface area contributed by atoms with Crippen LogP contribution in [0.15, 0.2) is 0 Å². The van der Waals surface area contributed by atoms with E-state index in [-0.39, 0.29) is 6.15 Å². The van der Waals surface area contributed by atoms with Gasteiger partial charge in [0.1, 0.15) is 0 Å². The Hall–Kier alpha value is -0.0400. The lowest BCUT2D eigenvalue weighted by Gasteiger charge is -2.31. The maximum absolute atomic E-state index is 2.49. The fraction of sp³-hybridized carbons (Fsp3) is 1.00. The van der Waals surface area contributed by atoms with Crippen LogP contribution < -0.4 is 6.15 Å². The number of unbranched alkanes of at least 4 members (excludes halogenated alkanes) is 27. The summed E-state index contributed by atoms with van der Waals surface area (Å²) >= 11 is 0. The molecule has 1 atom stereocenters. The first-order valence-electron chi connectivity index (χ1n) is 18.5. The Bertz CT molecular complexity index is 423. The van der Waals surface area contributed by atoms with Gasteiger partial charge < -0.3 is 6.15 Å². The van der Waals surface area contributed by atoms with E-state index in [2.05, 4.69) is 34.6 Å². The predicted molar refractivity (Wildman–Crippen MR) is 182 cm³/mol. The molecule has 0 amide bonds. The maximum atomic E-state index is 2.49. The summed E-state index contributed by atoms with van der Waals surface area (Å²) in [5, 5.41) is 0. The van der Waals surface area contributed by atoms with Crippen molar-refractivity contribution in [1.29, 1.82) is 0 Å². The van der Waals surface area contributed by atoms with E-state index in [1.807, 2.05) is 0 Å². The molecule has 0 spiro atoms. The third-order valence-electron chi connectivity index (χ3n) is 9.29. The van der Waals surface area contributed by atoms with Gasteiger partial charge >= 0.3 is 0 Å². The molecule has 0 rings (SSSR count). The molecule has 0 heterocycles. The summed E-state index contributed by atoms with van der Waals surface area (Å²) in [6.07, 6.45) is 45.6. The van der Waals surface area contributed by atoms with Crippen molar-refractivity contribution in [3.63, 3.8) is 0 Å². The first kappa shape index (κ1) is 41.1. The van der Waals surface area contributed by atoms with Crippen molar-refractivity contribution in [1.82, 2.24) is 6.15 Å². The van der Waals surface area contributed by atoms with E-state index in [1.54, 1.807) is 0 Å². The molecule has 0 radical (unpaired) electrons. The van der Waals surface area contributed by atoms with E-state index in [1.165, 1.54) is 199 Å². The van der Waals surface area contributed by atoms with Gasteiger partial charge in [-0.15, -0.1) is 0 Å². The molecule has 3 N–H and O–H groups in total. The lowest BCUT2D eigenvalue weighted by atomic mass is 9.75. The minimum atomic E-state index is 0. The summed E-state index contributed by atoms with van der Waals surface area (Å²) < 4.78 is 0. The third-order valence-corrected chi connectivity index (χ3v) is 9.29. The number of rotatable bonds is 31. The smallest absolute Gasteiger partial charge is 0.0354 e. The molecule has 238 valence electrons. The first-order chi connectivity index (χ1) is 18.5. The normalized spacial score (nSPS) is 12.5. The van der Waals surface area contributed by atoms with E-state index in [9.17, 15) is 0 Å². The molecular formula is C38H81N. The summed E-state index contributed by atoms with van der Waals surface area (Å²) in [5.74, 6) is 0.932. The van der Waals surface area contributed by atoms with E-state index < -0.39 is 0 Å². The highest BCUT2D eigenvalue weighted by molar-refractivity contribution is 4.74. The van der Waals surface area contributed by atoms with E-state index in [4.69, 9.17) is 0 Å². The van der Waals surface area contributed by atoms with Crippen LogP contribution in [0.2, 0.25) is 0 Å². The molecule has 0 bridgehead atoms. The zero-order chi connectivity index (χ0) is 28.0. The number of hydrogen-bond donors (Lipinski definition) is 1. The average Bonchev–Trinajstić information content (AvgIpc) is 2.89. The molecule has 0 fully saturated rings. The highest BCUT2D eigenvalue weighted by Gasteiger charge is 2.23. The molecule has 0 aromatic heterocycles. The maximum Gasteiger partial charge on any atom is -0.0354 e. The van der Waals surface area contributed by atoms with Gasteiger partial charge in [0.2, 0.25) is 0 Å². The van der Waals surface area contributed by atoms with Crippen LogP contribution in [0.1, 0.15) is 234 Å². The van der Waals surface area contributed by atoms with Crippen LogP contribution in [0.25, 0.3) is 0 Å². The van der Waals surface area contributed by atoms with Crippen LogP contribution in [0.4, 0.5) is 0 Å². The van der Waals surface area contributed by atoms with Gasteiger partial charge in [0.05, 0.1) is 0 Å². The lowest BCUT2D eigenvalue weighted by molar-refractivity contribution is 0.201. The van der Waals surface area contributed by atoms with Crippen molar-refractivity contribution >= 4 is 0 Å². The quantitative estimate of drug-likeness (QED) is 0.0854. The lowest BCUT2D eigenvalue weighted by Crippen LogP contribution is -2.20. The van der Waals surface area contributed by atoms with Gasteiger partial charge in [-0.3, -0.25) is 0 Å². The zero-order valence-corrected chi connectivity index (χ0v) is 28.7. The van der Waals surface area contributed by atoms with Gasteiger partial charge in [-0.1, -0.05) is 221 Å². The van der Waals surface area contributed by atoms with Gasteiger partial charge in [0.15, 0.2) is 0 Å². The van der Waals surface area contributed by atoms with Gasteiger partial charge in [0.25, 0.3) is 0 Å². The van der Waals surface area contributed by atoms with Crippen LogP contribution >= 0.6 is 0 Å². The highest BCUT2D eigenvalue weighted by atomic mass is 14.3. The SMILES string of the molecule is CCCCCCCCCCCCCCCCCC(CCCCCCCCCCCCCCCC)C(C)(C)C.N. The van der Waals surface area contributed by atoms with Crippen LogP contribution in [0.5, 0.6) is 0 Å².